The SMILES string of the molecule is O=C(O)c1ccc(Nc2ccc(Cl)cc2Cl)nn1. The molecule has 18 heavy (non-hydrogen) atoms. The van der Waals surface area contributed by atoms with Crippen molar-refractivity contribution >= 4 is 40.7 Å². The lowest BCUT2D eigenvalue weighted by Gasteiger charge is -2.07. The van der Waals surface area contributed by atoms with Gasteiger partial charge in [0.1, 0.15) is 0 Å². The van der Waals surface area contributed by atoms with E-state index in [1.165, 1.54) is 12.1 Å². The van der Waals surface area contributed by atoms with Gasteiger partial charge in [-0.3, -0.25) is 0 Å². The van der Waals surface area contributed by atoms with Crippen LogP contribution in [0.1, 0.15) is 10.5 Å². The summed E-state index contributed by atoms with van der Waals surface area (Å²) in [5.41, 5.74) is 0.487. The molecule has 92 valence electrons. The van der Waals surface area contributed by atoms with Gasteiger partial charge in [0.25, 0.3) is 0 Å². The lowest BCUT2D eigenvalue weighted by atomic mass is 10.3. The molecule has 2 rings (SSSR count). The van der Waals surface area contributed by atoms with Crippen molar-refractivity contribution in [3.8, 4) is 0 Å². The van der Waals surface area contributed by atoms with Gasteiger partial charge >= 0.3 is 5.97 Å². The lowest BCUT2D eigenvalue weighted by molar-refractivity contribution is 0.0689. The van der Waals surface area contributed by atoms with Gasteiger partial charge in [0.15, 0.2) is 11.5 Å². The minimum absolute atomic E-state index is 0.122. The molecule has 0 atom stereocenters. The number of benzene rings is 1. The van der Waals surface area contributed by atoms with Crippen LogP contribution in [0.2, 0.25) is 10.0 Å². The molecule has 0 saturated carbocycles. The third-order valence-electron chi connectivity index (χ3n) is 2.08. The highest BCUT2D eigenvalue weighted by Crippen LogP contribution is 2.27. The predicted molar refractivity (Wildman–Crippen MR) is 68.7 cm³/mol. The number of aromatic nitrogens is 2. The van der Waals surface area contributed by atoms with Crippen molar-refractivity contribution in [1.29, 1.82) is 0 Å². The third kappa shape index (κ3) is 2.88. The van der Waals surface area contributed by atoms with Crippen LogP contribution in [0.3, 0.4) is 0 Å². The average Bonchev–Trinajstić information content (AvgIpc) is 2.33. The van der Waals surface area contributed by atoms with Gasteiger partial charge in [-0.25, -0.2) is 4.79 Å². The molecule has 0 radical (unpaired) electrons. The molecule has 0 fully saturated rings. The lowest BCUT2D eigenvalue weighted by Crippen LogP contribution is -2.03. The standard InChI is InChI=1S/C11H7Cl2N3O2/c12-6-1-2-8(7(13)5-6)14-10-4-3-9(11(17)18)15-16-10/h1-5H,(H,14,16)(H,17,18). The fourth-order valence-corrected chi connectivity index (χ4v) is 1.70. The van der Waals surface area contributed by atoms with Gasteiger partial charge < -0.3 is 10.4 Å². The molecular weight excluding hydrogens is 277 g/mol. The van der Waals surface area contributed by atoms with Crippen molar-refractivity contribution in [2.24, 2.45) is 0 Å². The van der Waals surface area contributed by atoms with Gasteiger partial charge in [0.05, 0.1) is 10.7 Å². The van der Waals surface area contributed by atoms with E-state index in [4.69, 9.17) is 28.3 Å². The van der Waals surface area contributed by atoms with Crippen molar-refractivity contribution in [1.82, 2.24) is 10.2 Å². The van der Waals surface area contributed by atoms with Crippen molar-refractivity contribution in [3.05, 3.63) is 46.1 Å². The molecule has 2 aromatic rings. The molecule has 1 heterocycles. The number of nitrogens with one attached hydrogen (secondary N) is 1. The Kier molecular flexibility index (Phi) is 3.64. The van der Waals surface area contributed by atoms with E-state index in [1.807, 2.05) is 0 Å². The number of halogens is 2. The van der Waals surface area contributed by atoms with Crippen LogP contribution in [0.25, 0.3) is 0 Å². The van der Waals surface area contributed by atoms with Crippen LogP contribution in [0.5, 0.6) is 0 Å². The summed E-state index contributed by atoms with van der Waals surface area (Å²) >= 11 is 11.7. The largest absolute Gasteiger partial charge is 0.476 e. The maximum Gasteiger partial charge on any atom is 0.356 e. The summed E-state index contributed by atoms with van der Waals surface area (Å²) in [5.74, 6) is -0.734. The quantitative estimate of drug-likeness (QED) is 0.905. The Morgan fingerprint density at radius 3 is 2.50 bits per heavy atom. The molecule has 1 aromatic carbocycles. The van der Waals surface area contributed by atoms with Crippen LogP contribution < -0.4 is 5.32 Å². The number of carboxylic acid groups (broad SMARTS) is 1. The maximum atomic E-state index is 10.6. The van der Waals surface area contributed by atoms with Crippen LogP contribution in [-0.4, -0.2) is 21.3 Å². The van der Waals surface area contributed by atoms with Crippen LogP contribution in [-0.2, 0) is 0 Å². The Hall–Kier alpha value is -1.85. The molecule has 0 bridgehead atoms. The van der Waals surface area contributed by atoms with Gasteiger partial charge in [0, 0.05) is 5.02 Å². The first-order valence-corrected chi connectivity index (χ1v) is 5.61. The topological polar surface area (TPSA) is 75.1 Å². The first kappa shape index (κ1) is 12.6. The zero-order valence-corrected chi connectivity index (χ0v) is 10.4. The molecule has 0 aliphatic rings. The Labute approximate surface area is 112 Å². The Balaban J connectivity index is 2.21. The number of hydrogen-bond donors (Lipinski definition) is 2. The second kappa shape index (κ2) is 5.20. The Morgan fingerprint density at radius 1 is 1.17 bits per heavy atom. The number of rotatable bonds is 3. The molecule has 0 unspecified atom stereocenters. The molecule has 7 heteroatoms. The predicted octanol–water partition coefficient (Wildman–Crippen LogP) is 3.23. The number of carbonyl (C=O) groups is 1. The number of nitrogens with zero attached hydrogens (tertiary/aromatic N) is 2. The van der Waals surface area contributed by atoms with Crippen LogP contribution >= 0.6 is 23.2 Å². The Bertz CT molecular complexity index is 587. The zero-order chi connectivity index (χ0) is 13.1. The first-order chi connectivity index (χ1) is 8.56. The van der Waals surface area contributed by atoms with Gasteiger partial charge in [-0.1, -0.05) is 23.2 Å². The van der Waals surface area contributed by atoms with E-state index in [-0.39, 0.29) is 5.69 Å². The fourth-order valence-electron chi connectivity index (χ4n) is 1.24. The zero-order valence-electron chi connectivity index (χ0n) is 8.89. The molecule has 0 spiro atoms. The highest BCUT2D eigenvalue weighted by Gasteiger charge is 2.06. The second-order valence-corrected chi connectivity index (χ2v) is 4.20. The van der Waals surface area contributed by atoms with Crippen LogP contribution in [0, 0.1) is 0 Å². The minimum atomic E-state index is -1.13. The first-order valence-electron chi connectivity index (χ1n) is 4.85. The summed E-state index contributed by atoms with van der Waals surface area (Å²) in [6, 6.07) is 7.81. The third-order valence-corrected chi connectivity index (χ3v) is 2.63. The van der Waals surface area contributed by atoms with Crippen molar-refractivity contribution < 1.29 is 9.90 Å². The summed E-state index contributed by atoms with van der Waals surface area (Å²) in [6.45, 7) is 0. The minimum Gasteiger partial charge on any atom is -0.476 e. The summed E-state index contributed by atoms with van der Waals surface area (Å²) in [5, 5.41) is 19.8. The van der Waals surface area contributed by atoms with E-state index < -0.39 is 5.97 Å². The van der Waals surface area contributed by atoms with Gasteiger partial charge in [0.2, 0.25) is 0 Å². The number of hydrogen-bond acceptors (Lipinski definition) is 4. The van der Waals surface area contributed by atoms with Crippen molar-refractivity contribution in [3.63, 3.8) is 0 Å². The maximum absolute atomic E-state index is 10.6. The van der Waals surface area contributed by atoms with Crippen molar-refractivity contribution in [2.45, 2.75) is 0 Å². The summed E-state index contributed by atoms with van der Waals surface area (Å²) < 4.78 is 0. The van der Waals surface area contributed by atoms with E-state index in [2.05, 4.69) is 15.5 Å². The number of anilines is 2. The van der Waals surface area contributed by atoms with Crippen LogP contribution in [0.15, 0.2) is 30.3 Å². The van der Waals surface area contributed by atoms with Gasteiger partial charge in [-0.15, -0.1) is 10.2 Å². The molecule has 1 aromatic heterocycles. The molecule has 0 saturated heterocycles. The summed E-state index contributed by atoms with van der Waals surface area (Å²) in [4.78, 5) is 10.6. The van der Waals surface area contributed by atoms with Gasteiger partial charge in [-0.2, -0.15) is 0 Å². The summed E-state index contributed by atoms with van der Waals surface area (Å²) in [6.07, 6.45) is 0. The van der Waals surface area contributed by atoms with E-state index in [0.717, 1.165) is 0 Å². The monoisotopic (exact) mass is 283 g/mol. The average molecular weight is 284 g/mol. The van der Waals surface area contributed by atoms with Crippen LogP contribution in [0.4, 0.5) is 11.5 Å². The second-order valence-electron chi connectivity index (χ2n) is 3.36. The highest BCUT2D eigenvalue weighted by atomic mass is 35.5. The van der Waals surface area contributed by atoms with E-state index in [9.17, 15) is 4.79 Å². The number of aromatic carboxylic acids is 1. The summed E-state index contributed by atoms with van der Waals surface area (Å²) in [7, 11) is 0. The highest BCUT2D eigenvalue weighted by molar-refractivity contribution is 6.36. The molecular formula is C11H7Cl2N3O2. The smallest absolute Gasteiger partial charge is 0.356 e. The fraction of sp³-hybridized carbons (Fsp3) is 0. The molecule has 2 N–H and O–H groups in total. The van der Waals surface area contributed by atoms with E-state index in [1.54, 1.807) is 18.2 Å². The number of carboxylic acids is 1. The van der Waals surface area contributed by atoms with Gasteiger partial charge in [-0.05, 0) is 30.3 Å². The Morgan fingerprint density at radius 2 is 1.94 bits per heavy atom. The molecule has 0 aliphatic heterocycles. The van der Waals surface area contributed by atoms with E-state index >= 15 is 0 Å². The normalized spacial score (nSPS) is 10.1. The molecule has 0 aliphatic carbocycles. The van der Waals surface area contributed by atoms with E-state index in [0.29, 0.717) is 21.6 Å². The molecule has 5 nitrogen and oxygen atoms in total. The van der Waals surface area contributed by atoms with Crippen molar-refractivity contribution in [2.75, 3.05) is 5.32 Å². The molecule has 0 amide bonds.